The van der Waals surface area contributed by atoms with E-state index in [-0.39, 0.29) is 16.8 Å². The Kier molecular flexibility index (Phi) is 4.46. The van der Waals surface area contributed by atoms with Gasteiger partial charge in [-0.2, -0.15) is 18.3 Å². The van der Waals surface area contributed by atoms with Gasteiger partial charge in [0.15, 0.2) is 5.69 Å². The molecule has 0 spiro atoms. The standard InChI is InChI=1S/C18H12F5N3O/c1-26-15(14(17(24)27)16(25-26)18(21,22)23)12-7-6-11(20)8-13(12)9-2-4-10(19)5-3-9/h2-8H,1H3,(H2,24,27). The molecule has 4 nitrogen and oxygen atoms in total. The normalized spacial score (nSPS) is 11.6. The Labute approximate surface area is 150 Å². The van der Waals surface area contributed by atoms with E-state index in [9.17, 15) is 26.7 Å². The molecule has 140 valence electrons. The number of halogens is 5. The summed E-state index contributed by atoms with van der Waals surface area (Å²) in [6.45, 7) is 0. The number of alkyl halides is 3. The zero-order valence-electron chi connectivity index (χ0n) is 13.8. The summed E-state index contributed by atoms with van der Waals surface area (Å²) in [4.78, 5) is 11.8. The molecule has 0 unspecified atom stereocenters. The Morgan fingerprint density at radius 1 is 1.00 bits per heavy atom. The molecule has 0 saturated heterocycles. The van der Waals surface area contributed by atoms with Gasteiger partial charge < -0.3 is 5.73 Å². The van der Waals surface area contributed by atoms with Gasteiger partial charge in [-0.15, -0.1) is 0 Å². The van der Waals surface area contributed by atoms with E-state index >= 15 is 0 Å². The SMILES string of the molecule is Cn1nc(C(F)(F)F)c(C(N)=O)c1-c1ccc(F)cc1-c1ccc(F)cc1. The van der Waals surface area contributed by atoms with Crippen LogP contribution in [0.15, 0.2) is 42.5 Å². The maximum absolute atomic E-state index is 13.8. The molecule has 9 heteroatoms. The Bertz CT molecular complexity index is 1020. The highest BCUT2D eigenvalue weighted by Crippen LogP contribution is 2.39. The zero-order valence-corrected chi connectivity index (χ0v) is 13.8. The molecule has 2 aromatic carbocycles. The van der Waals surface area contributed by atoms with Crippen LogP contribution >= 0.6 is 0 Å². The van der Waals surface area contributed by atoms with E-state index < -0.39 is 35.0 Å². The van der Waals surface area contributed by atoms with Gasteiger partial charge in [0.25, 0.3) is 5.91 Å². The molecule has 0 aliphatic carbocycles. The Morgan fingerprint density at radius 2 is 1.59 bits per heavy atom. The smallest absolute Gasteiger partial charge is 0.365 e. The number of carbonyl (C=O) groups is 1. The predicted octanol–water partition coefficient (Wildman–Crippen LogP) is 4.15. The molecule has 1 aromatic heterocycles. The van der Waals surface area contributed by atoms with Crippen LogP contribution in [0.3, 0.4) is 0 Å². The number of nitrogens with two attached hydrogens (primary N) is 1. The van der Waals surface area contributed by atoms with Gasteiger partial charge in [-0.3, -0.25) is 9.48 Å². The molecule has 0 saturated carbocycles. The summed E-state index contributed by atoms with van der Waals surface area (Å²) in [6.07, 6.45) is -4.91. The second kappa shape index (κ2) is 6.49. The topological polar surface area (TPSA) is 60.9 Å². The second-order valence-electron chi connectivity index (χ2n) is 5.75. The third-order valence-electron chi connectivity index (χ3n) is 3.95. The van der Waals surface area contributed by atoms with Crippen LogP contribution in [0.25, 0.3) is 22.4 Å². The van der Waals surface area contributed by atoms with Crippen molar-refractivity contribution >= 4 is 5.91 Å². The van der Waals surface area contributed by atoms with E-state index in [0.29, 0.717) is 5.56 Å². The number of aryl methyl sites for hydroxylation is 1. The largest absolute Gasteiger partial charge is 0.435 e. The fourth-order valence-corrected chi connectivity index (χ4v) is 2.86. The van der Waals surface area contributed by atoms with Crippen molar-refractivity contribution < 1.29 is 26.7 Å². The third kappa shape index (κ3) is 3.40. The Balaban J connectivity index is 2.34. The molecule has 0 aliphatic rings. The first kappa shape index (κ1) is 18.6. The van der Waals surface area contributed by atoms with E-state index in [0.717, 1.165) is 28.9 Å². The van der Waals surface area contributed by atoms with Crippen molar-refractivity contribution in [3.05, 3.63) is 65.4 Å². The average Bonchev–Trinajstić information content (AvgIpc) is 2.93. The summed E-state index contributed by atoms with van der Waals surface area (Å²) in [5, 5.41) is 3.39. The third-order valence-corrected chi connectivity index (χ3v) is 3.95. The fraction of sp³-hybridized carbons (Fsp3) is 0.111. The molecule has 1 amide bonds. The maximum Gasteiger partial charge on any atom is 0.435 e. The maximum atomic E-state index is 13.8. The molecule has 0 aliphatic heterocycles. The van der Waals surface area contributed by atoms with E-state index in [1.54, 1.807) is 0 Å². The van der Waals surface area contributed by atoms with Crippen LogP contribution in [0.5, 0.6) is 0 Å². The highest BCUT2D eigenvalue weighted by molar-refractivity contribution is 6.02. The number of carbonyl (C=O) groups excluding carboxylic acids is 1. The van der Waals surface area contributed by atoms with Crippen LogP contribution in [-0.2, 0) is 13.2 Å². The minimum absolute atomic E-state index is 0.0994. The minimum atomic E-state index is -4.91. The van der Waals surface area contributed by atoms with Crippen molar-refractivity contribution in [2.75, 3.05) is 0 Å². The lowest BCUT2D eigenvalue weighted by atomic mass is 9.94. The molecule has 2 N–H and O–H groups in total. The molecule has 3 aromatic rings. The summed E-state index contributed by atoms with van der Waals surface area (Å²) < 4.78 is 67.7. The molecular formula is C18H12F5N3O. The van der Waals surface area contributed by atoms with Crippen LogP contribution in [0.2, 0.25) is 0 Å². The number of nitrogens with zero attached hydrogens (tertiary/aromatic N) is 2. The van der Waals surface area contributed by atoms with Gasteiger partial charge in [-0.1, -0.05) is 12.1 Å². The molecular weight excluding hydrogens is 369 g/mol. The monoisotopic (exact) mass is 381 g/mol. The van der Waals surface area contributed by atoms with Crippen molar-refractivity contribution in [2.24, 2.45) is 12.8 Å². The Morgan fingerprint density at radius 3 is 2.15 bits per heavy atom. The Hall–Kier alpha value is -3.23. The lowest BCUT2D eigenvalue weighted by molar-refractivity contribution is -0.141. The summed E-state index contributed by atoms with van der Waals surface area (Å²) in [5.41, 5.74) is 3.33. The number of hydrogen-bond acceptors (Lipinski definition) is 2. The lowest BCUT2D eigenvalue weighted by Gasteiger charge is -2.12. The molecule has 0 radical (unpaired) electrons. The van der Waals surface area contributed by atoms with Crippen molar-refractivity contribution in [2.45, 2.75) is 6.18 Å². The highest BCUT2D eigenvalue weighted by atomic mass is 19.4. The van der Waals surface area contributed by atoms with E-state index in [2.05, 4.69) is 5.10 Å². The van der Waals surface area contributed by atoms with Crippen molar-refractivity contribution in [3.63, 3.8) is 0 Å². The number of rotatable bonds is 3. The van der Waals surface area contributed by atoms with E-state index in [1.807, 2.05) is 0 Å². The van der Waals surface area contributed by atoms with Gasteiger partial charge in [-0.25, -0.2) is 8.78 Å². The molecule has 27 heavy (non-hydrogen) atoms. The van der Waals surface area contributed by atoms with Crippen molar-refractivity contribution in [3.8, 4) is 22.4 Å². The van der Waals surface area contributed by atoms with Gasteiger partial charge in [-0.05, 0) is 41.5 Å². The van der Waals surface area contributed by atoms with Crippen LogP contribution in [-0.4, -0.2) is 15.7 Å². The zero-order chi connectivity index (χ0) is 19.9. The molecule has 0 atom stereocenters. The molecule has 1 heterocycles. The van der Waals surface area contributed by atoms with Gasteiger partial charge >= 0.3 is 6.18 Å². The first-order valence-electron chi connectivity index (χ1n) is 7.59. The van der Waals surface area contributed by atoms with E-state index in [1.165, 1.54) is 25.2 Å². The van der Waals surface area contributed by atoms with Crippen molar-refractivity contribution in [1.29, 1.82) is 0 Å². The van der Waals surface area contributed by atoms with Crippen LogP contribution in [0.4, 0.5) is 22.0 Å². The summed E-state index contributed by atoms with van der Waals surface area (Å²) in [6, 6.07) is 8.28. The summed E-state index contributed by atoms with van der Waals surface area (Å²) in [5.74, 6) is -2.51. The second-order valence-corrected chi connectivity index (χ2v) is 5.75. The molecule has 0 fully saturated rings. The van der Waals surface area contributed by atoms with Crippen LogP contribution in [0.1, 0.15) is 16.1 Å². The quantitative estimate of drug-likeness (QED) is 0.693. The lowest BCUT2D eigenvalue weighted by Crippen LogP contribution is -2.18. The minimum Gasteiger partial charge on any atom is -0.365 e. The molecule has 3 rings (SSSR count). The number of benzene rings is 2. The van der Waals surface area contributed by atoms with Gasteiger partial charge in [0.05, 0.1) is 11.3 Å². The fourth-order valence-electron chi connectivity index (χ4n) is 2.86. The van der Waals surface area contributed by atoms with E-state index in [4.69, 9.17) is 5.73 Å². The number of hydrogen-bond donors (Lipinski definition) is 1. The van der Waals surface area contributed by atoms with Crippen LogP contribution in [0, 0.1) is 11.6 Å². The number of amides is 1. The van der Waals surface area contributed by atoms with Gasteiger partial charge in [0.1, 0.15) is 11.6 Å². The average molecular weight is 381 g/mol. The number of aromatic nitrogens is 2. The van der Waals surface area contributed by atoms with Crippen molar-refractivity contribution in [1.82, 2.24) is 9.78 Å². The first-order valence-corrected chi connectivity index (χ1v) is 7.59. The summed E-state index contributed by atoms with van der Waals surface area (Å²) >= 11 is 0. The first-order chi connectivity index (χ1) is 12.6. The molecule has 0 bridgehead atoms. The highest BCUT2D eigenvalue weighted by Gasteiger charge is 2.41. The van der Waals surface area contributed by atoms with Gasteiger partial charge in [0, 0.05) is 12.6 Å². The predicted molar refractivity (Wildman–Crippen MR) is 87.5 cm³/mol. The summed E-state index contributed by atoms with van der Waals surface area (Å²) in [7, 11) is 1.22. The van der Waals surface area contributed by atoms with Crippen LogP contribution < -0.4 is 5.73 Å². The number of primary amides is 1. The van der Waals surface area contributed by atoms with Gasteiger partial charge in [0.2, 0.25) is 0 Å².